The summed E-state index contributed by atoms with van der Waals surface area (Å²) >= 11 is 5.10. The quantitative estimate of drug-likeness (QED) is 0.780. The van der Waals surface area contributed by atoms with E-state index >= 15 is 0 Å². The zero-order chi connectivity index (χ0) is 13.3. The highest BCUT2D eigenvalue weighted by atomic mass is 32.1. The average molecular weight is 263 g/mol. The SMILES string of the molecule is Cc1ccc(N2CCNC(=O)C2C)c(C(N)=S)c1. The first-order chi connectivity index (χ1) is 8.50. The van der Waals surface area contributed by atoms with Crippen LogP contribution in [0.15, 0.2) is 18.2 Å². The third kappa shape index (κ3) is 2.31. The zero-order valence-corrected chi connectivity index (χ0v) is 11.4. The highest BCUT2D eigenvalue weighted by molar-refractivity contribution is 7.80. The largest absolute Gasteiger partial charge is 0.389 e. The summed E-state index contributed by atoms with van der Waals surface area (Å²) in [6, 6.07) is 5.76. The van der Waals surface area contributed by atoms with Crippen LogP contribution >= 0.6 is 12.2 Å². The molecule has 1 aliphatic rings. The van der Waals surface area contributed by atoms with E-state index in [1.807, 2.05) is 36.9 Å². The minimum Gasteiger partial charge on any atom is -0.389 e. The number of rotatable bonds is 2. The predicted octanol–water partition coefficient (Wildman–Crippen LogP) is 0.954. The number of nitrogens with zero attached hydrogens (tertiary/aromatic N) is 1. The first-order valence-corrected chi connectivity index (χ1v) is 6.36. The van der Waals surface area contributed by atoms with Gasteiger partial charge in [0.25, 0.3) is 0 Å². The van der Waals surface area contributed by atoms with Crippen LogP contribution in [0.25, 0.3) is 0 Å². The molecule has 1 unspecified atom stereocenters. The van der Waals surface area contributed by atoms with Crippen molar-refractivity contribution in [1.82, 2.24) is 5.32 Å². The maximum atomic E-state index is 11.7. The summed E-state index contributed by atoms with van der Waals surface area (Å²) < 4.78 is 0. The van der Waals surface area contributed by atoms with Gasteiger partial charge >= 0.3 is 0 Å². The van der Waals surface area contributed by atoms with Crippen LogP contribution in [0.1, 0.15) is 18.1 Å². The highest BCUT2D eigenvalue weighted by Crippen LogP contribution is 2.25. The van der Waals surface area contributed by atoms with Crippen molar-refractivity contribution in [3.8, 4) is 0 Å². The summed E-state index contributed by atoms with van der Waals surface area (Å²) in [5, 5.41) is 2.85. The van der Waals surface area contributed by atoms with Gasteiger partial charge in [-0.25, -0.2) is 0 Å². The molecule has 1 aromatic rings. The van der Waals surface area contributed by atoms with Gasteiger partial charge in [-0.15, -0.1) is 0 Å². The second kappa shape index (κ2) is 4.94. The highest BCUT2D eigenvalue weighted by Gasteiger charge is 2.27. The summed E-state index contributed by atoms with van der Waals surface area (Å²) in [5.41, 5.74) is 8.66. The molecule has 0 bridgehead atoms. The molecule has 1 amide bonds. The molecule has 5 heteroatoms. The molecule has 0 radical (unpaired) electrons. The first-order valence-electron chi connectivity index (χ1n) is 5.95. The van der Waals surface area contributed by atoms with Crippen molar-refractivity contribution >= 4 is 28.8 Å². The van der Waals surface area contributed by atoms with Gasteiger partial charge in [0, 0.05) is 24.3 Å². The Morgan fingerprint density at radius 3 is 2.94 bits per heavy atom. The third-order valence-corrected chi connectivity index (χ3v) is 3.45. The molecule has 1 heterocycles. The fraction of sp³-hybridized carbons (Fsp3) is 0.385. The Balaban J connectivity index is 2.43. The standard InChI is InChI=1S/C13H17N3OS/c1-8-3-4-11(10(7-8)12(14)18)16-6-5-15-13(17)9(16)2/h3-4,7,9H,5-6H2,1-2H3,(H2,14,18)(H,15,17). The summed E-state index contributed by atoms with van der Waals surface area (Å²) in [4.78, 5) is 14.1. The lowest BCUT2D eigenvalue weighted by molar-refractivity contribution is -0.122. The number of carbonyl (C=O) groups excluding carboxylic acids is 1. The molecule has 1 fully saturated rings. The van der Waals surface area contributed by atoms with Crippen LogP contribution in [0.3, 0.4) is 0 Å². The van der Waals surface area contributed by atoms with Crippen molar-refractivity contribution in [3.63, 3.8) is 0 Å². The number of anilines is 1. The lowest BCUT2D eigenvalue weighted by atomic mass is 10.1. The molecule has 1 atom stereocenters. The van der Waals surface area contributed by atoms with E-state index < -0.39 is 0 Å². The van der Waals surface area contributed by atoms with Gasteiger partial charge in [0.1, 0.15) is 11.0 Å². The van der Waals surface area contributed by atoms with Gasteiger partial charge < -0.3 is 16.0 Å². The first kappa shape index (κ1) is 12.8. The van der Waals surface area contributed by atoms with Crippen molar-refractivity contribution in [2.24, 2.45) is 5.73 Å². The van der Waals surface area contributed by atoms with E-state index in [1.54, 1.807) is 0 Å². The van der Waals surface area contributed by atoms with Crippen LogP contribution in [0, 0.1) is 6.92 Å². The second-order valence-electron chi connectivity index (χ2n) is 4.55. The average Bonchev–Trinajstić information content (AvgIpc) is 2.33. The summed E-state index contributed by atoms with van der Waals surface area (Å²) in [6.07, 6.45) is 0. The minimum atomic E-state index is -0.199. The van der Waals surface area contributed by atoms with Gasteiger partial charge in [0.2, 0.25) is 5.91 Å². The number of piperazine rings is 1. The van der Waals surface area contributed by atoms with Crippen LogP contribution in [0.4, 0.5) is 5.69 Å². The summed E-state index contributed by atoms with van der Waals surface area (Å²) in [6.45, 7) is 5.30. The van der Waals surface area contributed by atoms with Gasteiger partial charge in [-0.3, -0.25) is 4.79 Å². The fourth-order valence-electron chi connectivity index (χ4n) is 2.21. The van der Waals surface area contributed by atoms with Crippen molar-refractivity contribution < 1.29 is 4.79 Å². The summed E-state index contributed by atoms with van der Waals surface area (Å²) in [7, 11) is 0. The molecule has 4 nitrogen and oxygen atoms in total. The number of benzene rings is 1. The van der Waals surface area contributed by atoms with Crippen molar-refractivity contribution in [2.75, 3.05) is 18.0 Å². The Morgan fingerprint density at radius 1 is 1.56 bits per heavy atom. The van der Waals surface area contributed by atoms with Crippen LogP contribution in [0.2, 0.25) is 0 Å². The molecule has 0 spiro atoms. The Morgan fingerprint density at radius 2 is 2.28 bits per heavy atom. The molecule has 1 aromatic carbocycles. The number of thiocarbonyl (C=S) groups is 1. The Bertz CT molecular complexity index is 501. The minimum absolute atomic E-state index is 0.0377. The number of hydrogen-bond acceptors (Lipinski definition) is 3. The molecule has 2 rings (SSSR count). The number of aryl methyl sites for hydroxylation is 1. The lowest BCUT2D eigenvalue weighted by Crippen LogP contribution is -2.54. The fourth-order valence-corrected chi connectivity index (χ4v) is 2.37. The van der Waals surface area contributed by atoms with E-state index in [2.05, 4.69) is 5.32 Å². The third-order valence-electron chi connectivity index (χ3n) is 3.23. The smallest absolute Gasteiger partial charge is 0.242 e. The van der Waals surface area contributed by atoms with Crippen LogP contribution < -0.4 is 16.0 Å². The number of carbonyl (C=O) groups is 1. The number of amides is 1. The predicted molar refractivity (Wildman–Crippen MR) is 76.9 cm³/mol. The van der Waals surface area contributed by atoms with Crippen molar-refractivity contribution in [1.29, 1.82) is 0 Å². The molecular formula is C13H17N3OS. The topological polar surface area (TPSA) is 58.4 Å². The molecule has 18 heavy (non-hydrogen) atoms. The van der Waals surface area contributed by atoms with Gasteiger partial charge in [-0.2, -0.15) is 0 Å². The molecule has 1 aliphatic heterocycles. The van der Waals surface area contributed by atoms with Crippen molar-refractivity contribution in [2.45, 2.75) is 19.9 Å². The molecule has 0 saturated carbocycles. The molecular weight excluding hydrogens is 246 g/mol. The maximum Gasteiger partial charge on any atom is 0.242 e. The molecule has 0 aliphatic carbocycles. The van der Waals surface area contributed by atoms with E-state index in [9.17, 15) is 4.79 Å². The molecule has 3 N–H and O–H groups in total. The maximum absolute atomic E-state index is 11.7. The number of nitrogens with one attached hydrogen (secondary N) is 1. The van der Waals surface area contributed by atoms with Crippen molar-refractivity contribution in [3.05, 3.63) is 29.3 Å². The number of nitrogens with two attached hydrogens (primary N) is 1. The monoisotopic (exact) mass is 263 g/mol. The van der Waals surface area contributed by atoms with Crippen LogP contribution in [0.5, 0.6) is 0 Å². The number of hydrogen-bond donors (Lipinski definition) is 2. The second-order valence-corrected chi connectivity index (χ2v) is 4.99. The summed E-state index contributed by atoms with van der Waals surface area (Å²) in [5.74, 6) is 0.0377. The Hall–Kier alpha value is -1.62. The molecule has 0 aromatic heterocycles. The van der Waals surface area contributed by atoms with Gasteiger partial charge in [0.05, 0.1) is 0 Å². The lowest BCUT2D eigenvalue weighted by Gasteiger charge is -2.35. The van der Waals surface area contributed by atoms with E-state index in [-0.39, 0.29) is 11.9 Å². The van der Waals surface area contributed by atoms with E-state index in [1.165, 1.54) is 0 Å². The zero-order valence-electron chi connectivity index (χ0n) is 10.6. The van der Waals surface area contributed by atoms with E-state index in [0.717, 1.165) is 23.4 Å². The normalized spacial score (nSPS) is 19.6. The van der Waals surface area contributed by atoms with Gasteiger partial charge in [0.15, 0.2) is 0 Å². The van der Waals surface area contributed by atoms with Gasteiger partial charge in [-0.05, 0) is 26.0 Å². The Kier molecular flexibility index (Phi) is 3.52. The van der Waals surface area contributed by atoms with Crippen LogP contribution in [-0.4, -0.2) is 30.0 Å². The van der Waals surface area contributed by atoms with Crippen LogP contribution in [-0.2, 0) is 4.79 Å². The van der Waals surface area contributed by atoms with E-state index in [4.69, 9.17) is 18.0 Å². The van der Waals surface area contributed by atoms with Gasteiger partial charge in [-0.1, -0.05) is 23.8 Å². The molecule has 96 valence electrons. The molecule has 1 saturated heterocycles. The van der Waals surface area contributed by atoms with E-state index in [0.29, 0.717) is 11.5 Å². The Labute approximate surface area is 112 Å².